The Kier molecular flexibility index (Phi) is 2.64. The van der Waals surface area contributed by atoms with Gasteiger partial charge in [0.05, 0.1) is 5.69 Å². The molecule has 3 aromatic carbocycles. The number of fused-ring (bicyclic) bond motifs is 1. The third-order valence-electron chi connectivity index (χ3n) is 3.36. The van der Waals surface area contributed by atoms with Gasteiger partial charge < -0.3 is 10.8 Å². The van der Waals surface area contributed by atoms with Gasteiger partial charge in [-0.15, -0.1) is 0 Å². The summed E-state index contributed by atoms with van der Waals surface area (Å²) in [6.45, 7) is 1.98. The van der Waals surface area contributed by atoms with E-state index >= 15 is 0 Å². The number of phenolic OH excluding ortho intramolecular Hbond substituents is 1. The van der Waals surface area contributed by atoms with Crippen LogP contribution < -0.4 is 5.73 Å². The maximum Gasteiger partial charge on any atom is 0.146 e. The number of aryl methyl sites for hydroxylation is 1. The van der Waals surface area contributed by atoms with Crippen molar-refractivity contribution in [3.8, 4) is 16.9 Å². The van der Waals surface area contributed by atoms with Crippen molar-refractivity contribution in [1.82, 2.24) is 0 Å². The molecule has 3 N–H and O–H groups in total. The van der Waals surface area contributed by atoms with Crippen molar-refractivity contribution in [3.05, 3.63) is 60.2 Å². The van der Waals surface area contributed by atoms with Gasteiger partial charge in [-0.25, -0.2) is 0 Å². The molecule has 0 saturated heterocycles. The molecule has 0 radical (unpaired) electrons. The largest absolute Gasteiger partial charge is 0.505 e. The van der Waals surface area contributed by atoms with E-state index in [0.29, 0.717) is 5.69 Å². The SMILES string of the molecule is Cc1cc(N)c(O)c(-c2cccc3ccccc23)c1. The zero-order chi connectivity index (χ0) is 13.4. The van der Waals surface area contributed by atoms with E-state index in [2.05, 4.69) is 18.2 Å². The summed E-state index contributed by atoms with van der Waals surface area (Å²) in [5, 5.41) is 12.5. The average molecular weight is 249 g/mol. The van der Waals surface area contributed by atoms with Crippen LogP contribution in [0.15, 0.2) is 54.6 Å². The molecule has 0 aliphatic rings. The molecule has 0 aromatic heterocycles. The van der Waals surface area contributed by atoms with Gasteiger partial charge in [-0.3, -0.25) is 0 Å². The van der Waals surface area contributed by atoms with Gasteiger partial charge in [-0.05, 0) is 41.0 Å². The summed E-state index contributed by atoms with van der Waals surface area (Å²) in [4.78, 5) is 0. The standard InChI is InChI=1S/C17H15NO/c1-11-9-15(17(19)16(18)10-11)14-8-4-6-12-5-2-3-7-13(12)14/h2-10,19H,18H2,1H3. The minimum atomic E-state index is 0.155. The second kappa shape index (κ2) is 4.32. The maximum atomic E-state index is 10.2. The first-order valence-electron chi connectivity index (χ1n) is 6.24. The van der Waals surface area contributed by atoms with E-state index in [1.54, 1.807) is 6.07 Å². The summed E-state index contributed by atoms with van der Waals surface area (Å²) in [6, 6.07) is 18.0. The summed E-state index contributed by atoms with van der Waals surface area (Å²) in [5.41, 5.74) is 9.10. The van der Waals surface area contributed by atoms with Crippen LogP contribution in [-0.4, -0.2) is 5.11 Å². The molecule has 0 bridgehead atoms. The molecule has 0 aliphatic heterocycles. The minimum absolute atomic E-state index is 0.155. The number of aromatic hydroxyl groups is 1. The molecular formula is C17H15NO. The van der Waals surface area contributed by atoms with Crippen LogP contribution in [0, 0.1) is 6.92 Å². The number of nitrogen functional groups attached to an aromatic ring is 1. The number of phenols is 1. The molecular weight excluding hydrogens is 234 g/mol. The van der Waals surface area contributed by atoms with Crippen LogP contribution in [-0.2, 0) is 0 Å². The molecule has 2 nitrogen and oxygen atoms in total. The van der Waals surface area contributed by atoms with Gasteiger partial charge in [0, 0.05) is 5.56 Å². The Balaban J connectivity index is 2.37. The van der Waals surface area contributed by atoms with Crippen LogP contribution in [0.25, 0.3) is 21.9 Å². The van der Waals surface area contributed by atoms with Gasteiger partial charge in [0.2, 0.25) is 0 Å². The molecule has 0 unspecified atom stereocenters. The van der Waals surface area contributed by atoms with E-state index in [4.69, 9.17) is 5.73 Å². The number of rotatable bonds is 1. The van der Waals surface area contributed by atoms with Crippen LogP contribution in [0.2, 0.25) is 0 Å². The quantitative estimate of drug-likeness (QED) is 0.503. The number of anilines is 1. The van der Waals surface area contributed by atoms with Gasteiger partial charge in [-0.2, -0.15) is 0 Å². The van der Waals surface area contributed by atoms with E-state index < -0.39 is 0 Å². The Labute approximate surface area is 112 Å². The molecule has 94 valence electrons. The average Bonchev–Trinajstić information content (AvgIpc) is 2.42. The smallest absolute Gasteiger partial charge is 0.146 e. The first kappa shape index (κ1) is 11.6. The van der Waals surface area contributed by atoms with Crippen LogP contribution in [0.3, 0.4) is 0 Å². The maximum absolute atomic E-state index is 10.2. The van der Waals surface area contributed by atoms with Gasteiger partial charge >= 0.3 is 0 Å². The Hall–Kier alpha value is -2.48. The fourth-order valence-corrected chi connectivity index (χ4v) is 2.47. The Morgan fingerprint density at radius 2 is 1.63 bits per heavy atom. The number of benzene rings is 3. The highest BCUT2D eigenvalue weighted by atomic mass is 16.3. The zero-order valence-electron chi connectivity index (χ0n) is 10.7. The second-order valence-electron chi connectivity index (χ2n) is 4.78. The summed E-state index contributed by atoms with van der Waals surface area (Å²) in [5.74, 6) is 0.155. The van der Waals surface area contributed by atoms with Crippen LogP contribution >= 0.6 is 0 Å². The lowest BCUT2D eigenvalue weighted by Crippen LogP contribution is -1.90. The number of hydrogen-bond donors (Lipinski definition) is 2. The Morgan fingerprint density at radius 3 is 2.47 bits per heavy atom. The van der Waals surface area contributed by atoms with E-state index in [9.17, 15) is 5.11 Å². The molecule has 0 saturated carbocycles. The monoisotopic (exact) mass is 249 g/mol. The lowest BCUT2D eigenvalue weighted by molar-refractivity contribution is 0.480. The highest BCUT2D eigenvalue weighted by Gasteiger charge is 2.11. The highest BCUT2D eigenvalue weighted by molar-refractivity contribution is 5.98. The van der Waals surface area contributed by atoms with Crippen LogP contribution in [0.4, 0.5) is 5.69 Å². The van der Waals surface area contributed by atoms with Crippen molar-refractivity contribution in [2.45, 2.75) is 6.92 Å². The lowest BCUT2D eigenvalue weighted by atomic mass is 9.96. The van der Waals surface area contributed by atoms with E-state index in [1.807, 2.05) is 37.3 Å². The van der Waals surface area contributed by atoms with Crippen molar-refractivity contribution in [1.29, 1.82) is 0 Å². The van der Waals surface area contributed by atoms with Crippen molar-refractivity contribution >= 4 is 16.5 Å². The summed E-state index contributed by atoms with van der Waals surface area (Å²) in [6.07, 6.45) is 0. The minimum Gasteiger partial charge on any atom is -0.505 e. The summed E-state index contributed by atoms with van der Waals surface area (Å²) in [7, 11) is 0. The molecule has 3 rings (SSSR count). The number of hydrogen-bond acceptors (Lipinski definition) is 2. The zero-order valence-corrected chi connectivity index (χ0v) is 10.7. The summed E-state index contributed by atoms with van der Waals surface area (Å²) < 4.78 is 0. The van der Waals surface area contributed by atoms with Crippen molar-refractivity contribution in [3.63, 3.8) is 0 Å². The van der Waals surface area contributed by atoms with Crippen LogP contribution in [0.1, 0.15) is 5.56 Å². The van der Waals surface area contributed by atoms with Gasteiger partial charge in [0.25, 0.3) is 0 Å². The van der Waals surface area contributed by atoms with E-state index in [-0.39, 0.29) is 5.75 Å². The van der Waals surface area contributed by atoms with Crippen molar-refractivity contribution < 1.29 is 5.11 Å². The first-order valence-corrected chi connectivity index (χ1v) is 6.24. The van der Waals surface area contributed by atoms with Crippen molar-refractivity contribution in [2.75, 3.05) is 5.73 Å². The molecule has 0 fully saturated rings. The van der Waals surface area contributed by atoms with Crippen molar-refractivity contribution in [2.24, 2.45) is 0 Å². The Bertz CT molecular complexity index is 757. The van der Waals surface area contributed by atoms with Gasteiger partial charge in [-0.1, -0.05) is 42.5 Å². The highest BCUT2D eigenvalue weighted by Crippen LogP contribution is 2.38. The predicted molar refractivity (Wildman–Crippen MR) is 80.2 cm³/mol. The van der Waals surface area contributed by atoms with E-state index in [1.165, 1.54) is 0 Å². The molecule has 0 spiro atoms. The van der Waals surface area contributed by atoms with Gasteiger partial charge in [0.15, 0.2) is 0 Å². The fraction of sp³-hybridized carbons (Fsp3) is 0.0588. The molecule has 19 heavy (non-hydrogen) atoms. The first-order chi connectivity index (χ1) is 9.16. The predicted octanol–water partition coefficient (Wildman–Crippen LogP) is 4.10. The second-order valence-corrected chi connectivity index (χ2v) is 4.78. The van der Waals surface area contributed by atoms with Gasteiger partial charge in [0.1, 0.15) is 5.75 Å². The molecule has 3 aromatic rings. The number of nitrogens with two attached hydrogens (primary N) is 1. The molecule has 0 heterocycles. The molecule has 2 heteroatoms. The Morgan fingerprint density at radius 1 is 0.895 bits per heavy atom. The van der Waals surface area contributed by atoms with Crippen LogP contribution in [0.5, 0.6) is 5.75 Å². The molecule has 0 aliphatic carbocycles. The topological polar surface area (TPSA) is 46.2 Å². The normalized spacial score (nSPS) is 10.8. The van der Waals surface area contributed by atoms with E-state index in [0.717, 1.165) is 27.5 Å². The fourth-order valence-electron chi connectivity index (χ4n) is 2.47. The third kappa shape index (κ3) is 1.91. The summed E-state index contributed by atoms with van der Waals surface area (Å²) >= 11 is 0. The lowest BCUT2D eigenvalue weighted by Gasteiger charge is -2.11. The third-order valence-corrected chi connectivity index (χ3v) is 3.36. The molecule has 0 atom stereocenters. The molecule has 0 amide bonds.